The summed E-state index contributed by atoms with van der Waals surface area (Å²) in [7, 11) is 0. The summed E-state index contributed by atoms with van der Waals surface area (Å²) in [6.07, 6.45) is 3.49. The summed E-state index contributed by atoms with van der Waals surface area (Å²) >= 11 is 0. The first kappa shape index (κ1) is 12.0. The van der Waals surface area contributed by atoms with E-state index in [9.17, 15) is 4.79 Å². The molecule has 0 N–H and O–H groups in total. The molecule has 2 heteroatoms. The lowest BCUT2D eigenvalue weighted by atomic mass is 9.89. The second-order valence-electron chi connectivity index (χ2n) is 4.80. The minimum absolute atomic E-state index is 0.179. The first-order valence-corrected chi connectivity index (χ1v) is 6.64. The van der Waals surface area contributed by atoms with Crippen LogP contribution in [0.1, 0.15) is 18.1 Å². The molecule has 0 bridgehead atoms. The lowest BCUT2D eigenvalue weighted by Crippen LogP contribution is -2.14. The molecule has 0 atom stereocenters. The van der Waals surface area contributed by atoms with Crippen molar-refractivity contribution < 1.29 is 9.53 Å². The lowest BCUT2D eigenvalue weighted by molar-refractivity contribution is -0.138. The van der Waals surface area contributed by atoms with Crippen LogP contribution in [0, 0.1) is 0 Å². The Morgan fingerprint density at radius 1 is 1.16 bits per heavy atom. The molecule has 0 spiro atoms. The predicted molar refractivity (Wildman–Crippen MR) is 76.1 cm³/mol. The van der Waals surface area contributed by atoms with Gasteiger partial charge in [-0.3, -0.25) is 0 Å². The van der Waals surface area contributed by atoms with E-state index in [1.54, 1.807) is 0 Å². The van der Waals surface area contributed by atoms with Gasteiger partial charge in [-0.05, 0) is 35.2 Å². The quantitative estimate of drug-likeness (QED) is 0.765. The maximum Gasteiger partial charge on any atom is 0.334 e. The molecule has 96 valence electrons. The Labute approximate surface area is 112 Å². The van der Waals surface area contributed by atoms with Gasteiger partial charge >= 0.3 is 5.97 Å². The van der Waals surface area contributed by atoms with Gasteiger partial charge in [0.05, 0.1) is 6.61 Å². The number of hydrogen-bond acceptors (Lipinski definition) is 2. The van der Waals surface area contributed by atoms with Crippen LogP contribution >= 0.6 is 0 Å². The van der Waals surface area contributed by atoms with Crippen molar-refractivity contribution >= 4 is 16.7 Å². The molecular weight excluding hydrogens is 236 g/mol. The molecular formula is C17H16O2. The van der Waals surface area contributed by atoms with Crippen molar-refractivity contribution in [2.45, 2.75) is 19.8 Å². The Morgan fingerprint density at radius 3 is 2.53 bits per heavy atom. The Kier molecular flexibility index (Phi) is 3.08. The topological polar surface area (TPSA) is 26.3 Å². The van der Waals surface area contributed by atoms with Crippen molar-refractivity contribution in [2.75, 3.05) is 6.61 Å². The van der Waals surface area contributed by atoms with Crippen LogP contribution in [0.25, 0.3) is 10.8 Å². The van der Waals surface area contributed by atoms with E-state index in [4.69, 9.17) is 4.74 Å². The maximum atomic E-state index is 11.8. The standard InChI is InChI=1S/C17H16O2/c1-2-19-17(18)15-8-7-14-9-12-5-3-4-6-13(12)10-16(14)11-15/h3-6,8-10H,2,7,11H2,1H3. The van der Waals surface area contributed by atoms with E-state index in [1.165, 1.54) is 21.9 Å². The minimum Gasteiger partial charge on any atom is -0.463 e. The van der Waals surface area contributed by atoms with Gasteiger partial charge in [-0.15, -0.1) is 0 Å². The van der Waals surface area contributed by atoms with E-state index in [2.05, 4.69) is 30.3 Å². The van der Waals surface area contributed by atoms with Crippen molar-refractivity contribution in [1.82, 2.24) is 0 Å². The van der Waals surface area contributed by atoms with Crippen molar-refractivity contribution in [3.8, 4) is 0 Å². The summed E-state index contributed by atoms with van der Waals surface area (Å²) < 4.78 is 5.08. The van der Waals surface area contributed by atoms with Gasteiger partial charge in [-0.1, -0.05) is 42.5 Å². The Hall–Kier alpha value is -2.09. The van der Waals surface area contributed by atoms with E-state index in [1.807, 2.05) is 19.1 Å². The fraction of sp³-hybridized carbons (Fsp3) is 0.235. The predicted octanol–water partition coefficient (Wildman–Crippen LogP) is 3.43. The molecule has 0 fully saturated rings. The number of rotatable bonds is 2. The number of ether oxygens (including phenoxy) is 1. The Morgan fingerprint density at radius 2 is 1.84 bits per heavy atom. The van der Waals surface area contributed by atoms with Crippen LogP contribution < -0.4 is 0 Å². The first-order valence-electron chi connectivity index (χ1n) is 6.64. The van der Waals surface area contributed by atoms with Crippen LogP contribution in [0.2, 0.25) is 0 Å². The zero-order valence-corrected chi connectivity index (χ0v) is 11.0. The van der Waals surface area contributed by atoms with Gasteiger partial charge in [-0.2, -0.15) is 0 Å². The van der Waals surface area contributed by atoms with Gasteiger partial charge in [0, 0.05) is 12.0 Å². The molecule has 1 aliphatic rings. The highest BCUT2D eigenvalue weighted by molar-refractivity contribution is 5.91. The molecule has 2 nitrogen and oxygen atoms in total. The highest BCUT2D eigenvalue weighted by Crippen LogP contribution is 2.26. The fourth-order valence-corrected chi connectivity index (χ4v) is 2.58. The first-order chi connectivity index (χ1) is 9.28. The molecule has 1 aliphatic carbocycles. The smallest absolute Gasteiger partial charge is 0.334 e. The molecule has 0 unspecified atom stereocenters. The van der Waals surface area contributed by atoms with Crippen LogP contribution in [-0.4, -0.2) is 12.6 Å². The molecule has 0 aromatic heterocycles. The molecule has 0 heterocycles. The molecule has 0 saturated heterocycles. The number of carbonyl (C=O) groups is 1. The largest absolute Gasteiger partial charge is 0.463 e. The summed E-state index contributed by atoms with van der Waals surface area (Å²) in [5, 5.41) is 2.49. The van der Waals surface area contributed by atoms with Gasteiger partial charge in [-0.25, -0.2) is 4.79 Å². The van der Waals surface area contributed by atoms with E-state index in [-0.39, 0.29) is 5.97 Å². The minimum atomic E-state index is -0.179. The number of esters is 1. The third-order valence-corrected chi connectivity index (χ3v) is 3.55. The summed E-state index contributed by atoms with van der Waals surface area (Å²) in [4.78, 5) is 11.8. The lowest BCUT2D eigenvalue weighted by Gasteiger charge is -2.17. The van der Waals surface area contributed by atoms with E-state index < -0.39 is 0 Å². The highest BCUT2D eigenvalue weighted by atomic mass is 16.5. The van der Waals surface area contributed by atoms with E-state index in [0.29, 0.717) is 13.0 Å². The monoisotopic (exact) mass is 252 g/mol. The van der Waals surface area contributed by atoms with Gasteiger partial charge in [0.1, 0.15) is 0 Å². The van der Waals surface area contributed by atoms with Crippen molar-refractivity contribution in [3.63, 3.8) is 0 Å². The highest BCUT2D eigenvalue weighted by Gasteiger charge is 2.17. The molecule has 3 rings (SSSR count). The normalized spacial score (nSPS) is 13.8. The summed E-state index contributed by atoms with van der Waals surface area (Å²) in [5.41, 5.74) is 3.33. The van der Waals surface area contributed by atoms with Gasteiger partial charge in [0.15, 0.2) is 0 Å². The molecule has 0 amide bonds. The number of carbonyl (C=O) groups excluding carboxylic acids is 1. The molecule has 2 aromatic rings. The maximum absolute atomic E-state index is 11.8. The Balaban J connectivity index is 1.96. The van der Waals surface area contributed by atoms with Crippen LogP contribution in [0.15, 0.2) is 48.0 Å². The molecule has 19 heavy (non-hydrogen) atoms. The van der Waals surface area contributed by atoms with Gasteiger partial charge < -0.3 is 4.74 Å². The van der Waals surface area contributed by atoms with Crippen molar-refractivity contribution in [1.29, 1.82) is 0 Å². The molecule has 0 radical (unpaired) electrons. The van der Waals surface area contributed by atoms with Gasteiger partial charge in [0.25, 0.3) is 0 Å². The summed E-state index contributed by atoms with van der Waals surface area (Å²) in [6.45, 7) is 2.27. The number of benzene rings is 2. The number of fused-ring (bicyclic) bond motifs is 2. The van der Waals surface area contributed by atoms with Crippen LogP contribution in [0.4, 0.5) is 0 Å². The molecule has 0 saturated carbocycles. The number of hydrogen-bond donors (Lipinski definition) is 0. The third-order valence-electron chi connectivity index (χ3n) is 3.55. The SMILES string of the molecule is CCOC(=O)C1=CCc2cc3ccccc3cc2C1. The molecule has 0 aliphatic heterocycles. The summed E-state index contributed by atoms with van der Waals surface area (Å²) in [5.74, 6) is -0.179. The second kappa shape index (κ2) is 4.88. The van der Waals surface area contributed by atoms with E-state index in [0.717, 1.165) is 12.0 Å². The Bertz CT molecular complexity index is 668. The average Bonchev–Trinajstić information content (AvgIpc) is 2.44. The third kappa shape index (κ3) is 2.26. The van der Waals surface area contributed by atoms with Crippen molar-refractivity contribution in [2.24, 2.45) is 0 Å². The van der Waals surface area contributed by atoms with Crippen LogP contribution in [0.3, 0.4) is 0 Å². The molecule has 2 aromatic carbocycles. The van der Waals surface area contributed by atoms with Crippen LogP contribution in [-0.2, 0) is 22.4 Å². The summed E-state index contributed by atoms with van der Waals surface area (Å²) in [6, 6.07) is 12.7. The van der Waals surface area contributed by atoms with Crippen molar-refractivity contribution in [3.05, 3.63) is 59.2 Å². The van der Waals surface area contributed by atoms with E-state index >= 15 is 0 Å². The zero-order chi connectivity index (χ0) is 13.2. The van der Waals surface area contributed by atoms with Gasteiger partial charge in [0.2, 0.25) is 0 Å². The average molecular weight is 252 g/mol. The zero-order valence-electron chi connectivity index (χ0n) is 11.0. The second-order valence-corrected chi connectivity index (χ2v) is 4.80. The number of allylic oxidation sites excluding steroid dienone is 1. The fourth-order valence-electron chi connectivity index (χ4n) is 2.58. The van der Waals surface area contributed by atoms with Crippen LogP contribution in [0.5, 0.6) is 0 Å².